The number of anilines is 3. The maximum Gasteiger partial charge on any atom is 0.436 e. The zero-order chi connectivity index (χ0) is 30.1. The fourth-order valence-electron chi connectivity index (χ4n) is 5.87. The largest absolute Gasteiger partial charge is 0.436 e. The normalized spacial score (nSPS) is 26.8. The Balaban J connectivity index is 1.48. The van der Waals surface area contributed by atoms with Crippen molar-refractivity contribution in [1.29, 1.82) is 5.26 Å². The molecule has 1 unspecified atom stereocenters. The Morgan fingerprint density at radius 2 is 1.83 bits per heavy atom. The summed E-state index contributed by atoms with van der Waals surface area (Å²) >= 11 is 0. The van der Waals surface area contributed by atoms with Crippen LogP contribution in [0.2, 0.25) is 0 Å². The average molecular weight is 597 g/mol. The third kappa shape index (κ3) is 4.36. The van der Waals surface area contributed by atoms with Crippen LogP contribution in [-0.4, -0.2) is 88.3 Å². The highest BCUT2D eigenvalue weighted by Crippen LogP contribution is 2.47. The number of sulfone groups is 1. The van der Waals surface area contributed by atoms with E-state index in [1.165, 1.54) is 11.2 Å². The van der Waals surface area contributed by atoms with E-state index < -0.39 is 56.1 Å². The van der Waals surface area contributed by atoms with Gasteiger partial charge in [0.15, 0.2) is 26.1 Å². The topological polar surface area (TPSA) is 136 Å². The minimum atomic E-state index is -4.84. The van der Waals surface area contributed by atoms with Gasteiger partial charge in [-0.1, -0.05) is 13.8 Å². The van der Waals surface area contributed by atoms with Crippen molar-refractivity contribution in [3.63, 3.8) is 0 Å². The lowest BCUT2D eigenvalue weighted by Gasteiger charge is -2.49. The van der Waals surface area contributed by atoms with Gasteiger partial charge in [0.2, 0.25) is 5.91 Å². The van der Waals surface area contributed by atoms with E-state index in [0.717, 1.165) is 6.07 Å². The maximum atomic E-state index is 14.0. The molecule has 2 aromatic heterocycles. The van der Waals surface area contributed by atoms with E-state index in [2.05, 4.69) is 20.2 Å². The fraction of sp³-hybridized carbons (Fsp3) is 0.600. The Morgan fingerprint density at radius 3 is 2.39 bits per heavy atom. The predicted octanol–water partition coefficient (Wildman–Crippen LogP) is 2.54. The van der Waals surface area contributed by atoms with Gasteiger partial charge in [0, 0.05) is 48.8 Å². The van der Waals surface area contributed by atoms with E-state index >= 15 is 0 Å². The average Bonchev–Trinajstić information content (AvgIpc) is 3.19. The minimum absolute atomic E-state index is 0.0288. The van der Waals surface area contributed by atoms with Gasteiger partial charge in [-0.25, -0.2) is 22.8 Å². The van der Waals surface area contributed by atoms with Crippen LogP contribution in [0, 0.1) is 11.3 Å². The van der Waals surface area contributed by atoms with Crippen LogP contribution in [-0.2, 0) is 26.2 Å². The molecule has 0 aromatic carbocycles. The second kappa shape index (κ2) is 9.47. The van der Waals surface area contributed by atoms with Crippen LogP contribution in [0.1, 0.15) is 50.9 Å². The predicted molar refractivity (Wildman–Crippen MR) is 139 cm³/mol. The molecule has 5 rings (SSSR count). The van der Waals surface area contributed by atoms with E-state index in [-0.39, 0.29) is 43.7 Å². The van der Waals surface area contributed by atoms with Gasteiger partial charge in [0.1, 0.15) is 30.7 Å². The molecule has 220 valence electrons. The molecule has 0 radical (unpaired) electrons. The Hall–Kier alpha value is -3.61. The molecular weight excluding hydrogens is 568 g/mol. The Labute approximate surface area is 234 Å². The number of aromatic nitrogens is 4. The molecule has 11 nitrogen and oxygen atoms in total. The summed E-state index contributed by atoms with van der Waals surface area (Å²) in [6, 6.07) is 1.77. The van der Waals surface area contributed by atoms with Crippen LogP contribution >= 0.6 is 0 Å². The first-order valence-corrected chi connectivity index (χ1v) is 14.6. The van der Waals surface area contributed by atoms with Crippen LogP contribution in [0.5, 0.6) is 0 Å². The van der Waals surface area contributed by atoms with Crippen molar-refractivity contribution in [3.8, 4) is 6.07 Å². The lowest BCUT2D eigenvalue weighted by molar-refractivity contribution is -0.142. The number of nitriles is 1. The Kier molecular flexibility index (Phi) is 6.67. The van der Waals surface area contributed by atoms with E-state index in [1.807, 2.05) is 25.7 Å². The van der Waals surface area contributed by atoms with Gasteiger partial charge in [-0.3, -0.25) is 4.79 Å². The molecule has 2 aromatic rings. The summed E-state index contributed by atoms with van der Waals surface area (Å²) in [4.78, 5) is 27.3. The summed E-state index contributed by atoms with van der Waals surface area (Å²) in [5.74, 6) is 0.0312. The molecule has 1 amide bonds. The number of alkyl halides is 4. The number of fused-ring (bicyclic) bond motifs is 1. The fourth-order valence-corrected chi connectivity index (χ4v) is 7.45. The summed E-state index contributed by atoms with van der Waals surface area (Å²) < 4.78 is 76.6. The molecule has 0 aliphatic carbocycles. The number of piperazine rings is 1. The van der Waals surface area contributed by atoms with Gasteiger partial charge in [0.05, 0.1) is 11.3 Å². The molecule has 0 saturated carbocycles. The number of halogens is 4. The second-order valence-corrected chi connectivity index (χ2v) is 13.9. The van der Waals surface area contributed by atoms with E-state index in [0.29, 0.717) is 17.2 Å². The van der Waals surface area contributed by atoms with Crippen LogP contribution < -0.4 is 9.80 Å². The van der Waals surface area contributed by atoms with Gasteiger partial charge >= 0.3 is 6.18 Å². The van der Waals surface area contributed by atoms with Crippen molar-refractivity contribution in [2.24, 2.45) is 0 Å². The van der Waals surface area contributed by atoms with Crippen molar-refractivity contribution in [2.75, 3.05) is 41.9 Å². The number of rotatable bonds is 4. The van der Waals surface area contributed by atoms with Crippen LogP contribution in [0.3, 0.4) is 0 Å². The molecule has 0 spiro atoms. The highest BCUT2D eigenvalue weighted by atomic mass is 32.2. The van der Waals surface area contributed by atoms with Crippen molar-refractivity contribution < 1.29 is 30.8 Å². The molecular formula is C25H28F4N8O3S. The maximum absolute atomic E-state index is 14.0. The monoisotopic (exact) mass is 596 g/mol. The molecule has 16 heteroatoms. The first-order chi connectivity index (χ1) is 19.1. The molecule has 3 aliphatic heterocycles. The lowest BCUT2D eigenvalue weighted by Crippen LogP contribution is -2.68. The SMILES string of the molecule is C[C@@H]1CN(c2ncnc3c2C(C)(C)CN3c2cc(C#N)c(C(F)(F)F)nn2)[C@@H](C)CN1C(=O)C1(CF)CCS1(=O)=O. The number of nitrogens with zero attached hydrogens (tertiary/aromatic N) is 8. The summed E-state index contributed by atoms with van der Waals surface area (Å²) in [7, 11) is -3.86. The standard InChI is InChI=1S/C25H28F4N8O3S/c1-14-10-36(22(38)24(11-26)5-6-41(24,39)40)15(2)9-35(14)20-18-21(32-13-31-20)37(12-23(18,3)4)17-7-16(8-30)19(34-33-17)25(27,28)29/h7,13-15H,5-6,9-12H2,1-4H3/t14-,15+,24?/m0/s1. The number of carbonyl (C=O) groups excluding carboxylic acids is 1. The zero-order valence-corrected chi connectivity index (χ0v) is 23.6. The quantitative estimate of drug-likeness (QED) is 0.485. The van der Waals surface area contributed by atoms with E-state index in [9.17, 15) is 36.0 Å². The van der Waals surface area contributed by atoms with Crippen LogP contribution in [0.25, 0.3) is 0 Å². The first-order valence-electron chi connectivity index (χ1n) is 12.9. The molecule has 2 saturated heterocycles. The van der Waals surface area contributed by atoms with Gasteiger partial charge in [-0.2, -0.15) is 18.4 Å². The highest BCUT2D eigenvalue weighted by molar-refractivity contribution is 7.95. The zero-order valence-electron chi connectivity index (χ0n) is 22.8. The van der Waals surface area contributed by atoms with E-state index in [1.54, 1.807) is 17.9 Å². The summed E-state index contributed by atoms with van der Waals surface area (Å²) in [5.41, 5.74) is -1.95. The van der Waals surface area contributed by atoms with Crippen molar-refractivity contribution in [3.05, 3.63) is 29.2 Å². The van der Waals surface area contributed by atoms with E-state index in [4.69, 9.17) is 0 Å². The second-order valence-electron chi connectivity index (χ2n) is 11.4. The Morgan fingerprint density at radius 1 is 1.15 bits per heavy atom. The summed E-state index contributed by atoms with van der Waals surface area (Å²) in [6.45, 7) is 6.84. The molecule has 0 bridgehead atoms. The molecule has 0 N–H and O–H groups in total. The lowest BCUT2D eigenvalue weighted by atomic mass is 9.87. The molecule has 5 heterocycles. The first kappa shape index (κ1) is 28.9. The highest BCUT2D eigenvalue weighted by Gasteiger charge is 2.60. The van der Waals surface area contributed by atoms with Gasteiger partial charge in [0.25, 0.3) is 0 Å². The number of hydrogen-bond donors (Lipinski definition) is 0. The smallest absolute Gasteiger partial charge is 0.350 e. The molecule has 3 atom stereocenters. The molecule has 2 fully saturated rings. The van der Waals surface area contributed by atoms with Crippen molar-refractivity contribution >= 4 is 33.2 Å². The third-order valence-electron chi connectivity index (χ3n) is 8.23. The number of carbonyl (C=O) groups is 1. The van der Waals surface area contributed by atoms with Crippen molar-refractivity contribution in [1.82, 2.24) is 25.1 Å². The number of hydrogen-bond acceptors (Lipinski definition) is 10. The summed E-state index contributed by atoms with van der Waals surface area (Å²) in [5, 5.41) is 16.4. The Bertz CT molecular complexity index is 1560. The molecule has 41 heavy (non-hydrogen) atoms. The summed E-state index contributed by atoms with van der Waals surface area (Å²) in [6.07, 6.45) is -3.56. The number of amides is 1. The molecule has 3 aliphatic rings. The van der Waals surface area contributed by atoms with Crippen molar-refractivity contribution in [2.45, 2.75) is 62.5 Å². The van der Waals surface area contributed by atoms with Crippen LogP contribution in [0.4, 0.5) is 35.0 Å². The van der Waals surface area contributed by atoms with Crippen LogP contribution in [0.15, 0.2) is 12.4 Å². The van der Waals surface area contributed by atoms with Gasteiger partial charge < -0.3 is 14.7 Å². The van der Waals surface area contributed by atoms with Gasteiger partial charge in [-0.05, 0) is 20.3 Å². The third-order valence-corrected chi connectivity index (χ3v) is 10.7. The minimum Gasteiger partial charge on any atom is -0.350 e. The van der Waals surface area contributed by atoms with Gasteiger partial charge in [-0.15, -0.1) is 10.2 Å².